The van der Waals surface area contributed by atoms with E-state index in [1.807, 2.05) is 18.2 Å². The van der Waals surface area contributed by atoms with E-state index >= 15 is 0 Å². The monoisotopic (exact) mass is 492 g/mol. The Labute approximate surface area is 205 Å². The van der Waals surface area contributed by atoms with Gasteiger partial charge < -0.3 is 30.0 Å². The molecule has 0 saturated carbocycles. The molecule has 1 aromatic carbocycles. The van der Waals surface area contributed by atoms with E-state index in [1.165, 1.54) is 13.8 Å². The maximum Gasteiger partial charge on any atom is 0.407 e. The van der Waals surface area contributed by atoms with Gasteiger partial charge in [0.05, 0.1) is 6.04 Å². The van der Waals surface area contributed by atoms with Crippen molar-refractivity contribution in [3.05, 3.63) is 35.9 Å². The SMILES string of the molecule is CCC(C[C@@H](NC(=O)OCc1ccccc1)C(N)C(=O)OC(C)(C)C)C1C(=O)OC(C)(C)OC1=O. The molecule has 3 atom stereocenters. The zero-order chi connectivity index (χ0) is 26.4. The molecule has 1 amide bonds. The van der Waals surface area contributed by atoms with Crippen molar-refractivity contribution in [1.29, 1.82) is 0 Å². The number of cyclic esters (lactones) is 2. The Morgan fingerprint density at radius 1 is 1.11 bits per heavy atom. The summed E-state index contributed by atoms with van der Waals surface area (Å²) in [6, 6.07) is 6.79. The topological polar surface area (TPSA) is 143 Å². The van der Waals surface area contributed by atoms with Gasteiger partial charge in [-0.2, -0.15) is 0 Å². The highest BCUT2D eigenvalue weighted by Crippen LogP contribution is 2.32. The second-order valence-corrected chi connectivity index (χ2v) is 10.00. The Morgan fingerprint density at radius 3 is 2.20 bits per heavy atom. The van der Waals surface area contributed by atoms with Crippen LogP contribution in [0.3, 0.4) is 0 Å². The van der Waals surface area contributed by atoms with Gasteiger partial charge in [-0.25, -0.2) is 4.79 Å². The van der Waals surface area contributed by atoms with E-state index in [0.717, 1.165) is 5.56 Å². The Kier molecular flexibility index (Phi) is 9.25. The summed E-state index contributed by atoms with van der Waals surface area (Å²) in [4.78, 5) is 50.5. The van der Waals surface area contributed by atoms with Crippen molar-refractivity contribution in [1.82, 2.24) is 5.32 Å². The number of alkyl carbamates (subject to hydrolysis) is 1. The number of hydrogen-bond donors (Lipinski definition) is 2. The van der Waals surface area contributed by atoms with Crippen molar-refractivity contribution >= 4 is 24.0 Å². The second kappa shape index (κ2) is 11.5. The predicted molar refractivity (Wildman–Crippen MR) is 126 cm³/mol. The van der Waals surface area contributed by atoms with Gasteiger partial charge in [-0.15, -0.1) is 0 Å². The van der Waals surface area contributed by atoms with Gasteiger partial charge in [-0.1, -0.05) is 43.7 Å². The third-order valence-electron chi connectivity index (χ3n) is 5.38. The highest BCUT2D eigenvalue weighted by Gasteiger charge is 2.47. The van der Waals surface area contributed by atoms with Crippen LogP contribution in [0.25, 0.3) is 0 Å². The fraction of sp³-hybridized carbons (Fsp3) is 0.600. The molecule has 10 heteroatoms. The molecule has 1 aromatic rings. The van der Waals surface area contributed by atoms with Crippen LogP contribution in [-0.4, -0.2) is 47.5 Å². The summed E-state index contributed by atoms with van der Waals surface area (Å²) in [7, 11) is 0. The van der Waals surface area contributed by atoms with E-state index < -0.39 is 59.3 Å². The molecule has 0 aromatic heterocycles. The number of benzene rings is 1. The van der Waals surface area contributed by atoms with Crippen LogP contribution in [0.15, 0.2) is 30.3 Å². The number of amides is 1. The van der Waals surface area contributed by atoms with Crippen LogP contribution in [0.1, 0.15) is 59.9 Å². The molecule has 0 radical (unpaired) electrons. The van der Waals surface area contributed by atoms with Crippen LogP contribution < -0.4 is 11.1 Å². The summed E-state index contributed by atoms with van der Waals surface area (Å²) in [5.41, 5.74) is 6.16. The minimum absolute atomic E-state index is 0.00659. The van der Waals surface area contributed by atoms with Gasteiger partial charge in [-0.05, 0) is 38.7 Å². The van der Waals surface area contributed by atoms with Crippen molar-refractivity contribution in [3.8, 4) is 0 Å². The fourth-order valence-electron chi connectivity index (χ4n) is 3.72. The molecule has 3 N–H and O–H groups in total. The number of hydrogen-bond acceptors (Lipinski definition) is 9. The van der Waals surface area contributed by atoms with Crippen LogP contribution >= 0.6 is 0 Å². The average molecular weight is 493 g/mol. The van der Waals surface area contributed by atoms with E-state index in [9.17, 15) is 19.2 Å². The lowest BCUT2D eigenvalue weighted by molar-refractivity contribution is -0.243. The summed E-state index contributed by atoms with van der Waals surface area (Å²) < 4.78 is 21.2. The first-order valence-electron chi connectivity index (χ1n) is 11.6. The van der Waals surface area contributed by atoms with Crippen LogP contribution in [0.2, 0.25) is 0 Å². The van der Waals surface area contributed by atoms with Gasteiger partial charge >= 0.3 is 24.0 Å². The fourth-order valence-corrected chi connectivity index (χ4v) is 3.72. The average Bonchev–Trinajstić information content (AvgIpc) is 2.74. The predicted octanol–water partition coefficient (Wildman–Crippen LogP) is 2.82. The van der Waals surface area contributed by atoms with Crippen molar-refractivity contribution in [2.24, 2.45) is 17.6 Å². The van der Waals surface area contributed by atoms with Gasteiger partial charge in [0.1, 0.15) is 18.2 Å². The van der Waals surface area contributed by atoms with Gasteiger partial charge in [0, 0.05) is 13.8 Å². The summed E-state index contributed by atoms with van der Waals surface area (Å²) in [5.74, 6) is -5.41. The molecule has 0 aliphatic carbocycles. The first-order chi connectivity index (χ1) is 16.2. The van der Waals surface area contributed by atoms with Crippen molar-refractivity contribution in [2.75, 3.05) is 0 Å². The Hall–Kier alpha value is -3.14. The summed E-state index contributed by atoms with van der Waals surface area (Å²) in [5, 5.41) is 2.61. The van der Waals surface area contributed by atoms with Crippen molar-refractivity contribution < 1.29 is 38.1 Å². The van der Waals surface area contributed by atoms with E-state index in [2.05, 4.69) is 5.32 Å². The van der Waals surface area contributed by atoms with Crippen LogP contribution in [0, 0.1) is 11.8 Å². The second-order valence-electron chi connectivity index (χ2n) is 10.00. The van der Waals surface area contributed by atoms with Crippen LogP contribution in [-0.2, 0) is 39.9 Å². The molecule has 194 valence electrons. The highest BCUT2D eigenvalue weighted by atomic mass is 16.7. The van der Waals surface area contributed by atoms with Crippen molar-refractivity contribution in [2.45, 2.75) is 84.5 Å². The first kappa shape index (κ1) is 28.1. The number of nitrogens with two attached hydrogens (primary N) is 1. The number of esters is 3. The number of nitrogens with one attached hydrogen (secondary N) is 1. The maximum absolute atomic E-state index is 12.7. The number of carbonyl (C=O) groups excluding carboxylic acids is 4. The van der Waals surface area contributed by atoms with E-state index in [4.69, 9.17) is 24.7 Å². The molecule has 0 spiro atoms. The quantitative estimate of drug-likeness (QED) is 0.302. The lowest BCUT2D eigenvalue weighted by atomic mass is 9.82. The molecule has 2 unspecified atom stereocenters. The zero-order valence-corrected chi connectivity index (χ0v) is 21.2. The molecule has 1 fully saturated rings. The minimum atomic E-state index is -1.37. The lowest BCUT2D eigenvalue weighted by Crippen LogP contribution is -2.55. The molecule has 1 saturated heterocycles. The molecule has 10 nitrogen and oxygen atoms in total. The molecule has 35 heavy (non-hydrogen) atoms. The first-order valence-corrected chi connectivity index (χ1v) is 11.6. The molecule has 0 bridgehead atoms. The highest BCUT2D eigenvalue weighted by molar-refractivity contribution is 5.97. The minimum Gasteiger partial charge on any atom is -0.459 e. The molecule has 1 heterocycles. The number of ether oxygens (including phenoxy) is 4. The maximum atomic E-state index is 12.7. The van der Waals surface area contributed by atoms with Gasteiger partial charge in [0.25, 0.3) is 5.79 Å². The third-order valence-corrected chi connectivity index (χ3v) is 5.38. The largest absolute Gasteiger partial charge is 0.459 e. The molecule has 1 aliphatic heterocycles. The Morgan fingerprint density at radius 2 is 1.69 bits per heavy atom. The number of rotatable bonds is 9. The summed E-state index contributed by atoms with van der Waals surface area (Å²) in [6.07, 6.45) is -0.442. The van der Waals surface area contributed by atoms with Gasteiger partial charge in [-0.3, -0.25) is 14.4 Å². The normalized spacial score (nSPS) is 18.5. The molecular formula is C25H36N2O8. The molecule has 1 aliphatic rings. The van der Waals surface area contributed by atoms with Crippen LogP contribution in [0.4, 0.5) is 4.79 Å². The lowest BCUT2D eigenvalue weighted by Gasteiger charge is -2.37. The molecular weight excluding hydrogens is 456 g/mol. The van der Waals surface area contributed by atoms with Crippen LogP contribution in [0.5, 0.6) is 0 Å². The Balaban J connectivity index is 2.19. The van der Waals surface area contributed by atoms with Gasteiger partial charge in [0.2, 0.25) is 0 Å². The zero-order valence-electron chi connectivity index (χ0n) is 21.2. The van der Waals surface area contributed by atoms with Crippen molar-refractivity contribution in [3.63, 3.8) is 0 Å². The third kappa shape index (κ3) is 8.54. The van der Waals surface area contributed by atoms with E-state index in [1.54, 1.807) is 39.8 Å². The standard InChI is InChI=1S/C25H36N2O8/c1-7-16(18-20(28)34-25(5,6)35-21(18)29)13-17(19(26)22(30)33-24(2,3)4)27-23(31)32-14-15-11-9-8-10-12-15/h8-12,16-19H,7,13-14,26H2,1-6H3,(H,27,31)/t16?,17-,19?/m1/s1. The summed E-state index contributed by atoms with van der Waals surface area (Å²) in [6.45, 7) is 9.79. The smallest absolute Gasteiger partial charge is 0.407 e. The summed E-state index contributed by atoms with van der Waals surface area (Å²) >= 11 is 0. The van der Waals surface area contributed by atoms with E-state index in [-0.39, 0.29) is 13.0 Å². The molecule has 2 rings (SSSR count). The Bertz CT molecular complexity index is 890. The van der Waals surface area contributed by atoms with Gasteiger partial charge in [0.15, 0.2) is 5.92 Å². The van der Waals surface area contributed by atoms with E-state index in [0.29, 0.717) is 6.42 Å². The number of carbonyl (C=O) groups is 4.